The molecule has 0 fully saturated rings. The van der Waals surface area contributed by atoms with Crippen LogP contribution in [0.25, 0.3) is 0 Å². The number of rotatable bonds is 3. The topological polar surface area (TPSA) is 38.9 Å². The Kier molecular flexibility index (Phi) is 4.14. The molecule has 0 radical (unpaired) electrons. The van der Waals surface area contributed by atoms with E-state index in [1.807, 2.05) is 13.8 Å². The standard InChI is InChI=1S/C13H14BrFN2S/c1-7-8(2)18-13(17-7)6-12(16)10-5-9(15)3-4-11(10)14/h3-5,12H,6,16H2,1-2H3. The van der Waals surface area contributed by atoms with Crippen LogP contribution in [0.15, 0.2) is 22.7 Å². The fraction of sp³-hybridized carbons (Fsp3) is 0.308. The minimum Gasteiger partial charge on any atom is -0.324 e. The van der Waals surface area contributed by atoms with Crippen molar-refractivity contribution in [2.24, 2.45) is 5.73 Å². The van der Waals surface area contributed by atoms with E-state index in [0.29, 0.717) is 6.42 Å². The van der Waals surface area contributed by atoms with Gasteiger partial charge in [0.1, 0.15) is 5.82 Å². The molecule has 2 nitrogen and oxygen atoms in total. The van der Waals surface area contributed by atoms with Gasteiger partial charge in [-0.1, -0.05) is 15.9 Å². The molecule has 2 aromatic rings. The van der Waals surface area contributed by atoms with E-state index >= 15 is 0 Å². The van der Waals surface area contributed by atoms with Gasteiger partial charge in [0, 0.05) is 21.8 Å². The van der Waals surface area contributed by atoms with Gasteiger partial charge in [0.25, 0.3) is 0 Å². The first kappa shape index (κ1) is 13.6. The Hall–Kier alpha value is -0.780. The van der Waals surface area contributed by atoms with E-state index < -0.39 is 0 Å². The first-order valence-corrected chi connectivity index (χ1v) is 7.21. The summed E-state index contributed by atoms with van der Waals surface area (Å²) in [6.07, 6.45) is 0.626. The predicted octanol–water partition coefficient (Wildman–Crippen LogP) is 3.90. The van der Waals surface area contributed by atoms with Crippen LogP contribution in [0.5, 0.6) is 0 Å². The van der Waals surface area contributed by atoms with Gasteiger partial charge in [0.2, 0.25) is 0 Å². The monoisotopic (exact) mass is 328 g/mol. The molecule has 0 aliphatic carbocycles. The van der Waals surface area contributed by atoms with Gasteiger partial charge in [0.15, 0.2) is 0 Å². The average Bonchev–Trinajstić information content (AvgIpc) is 2.61. The van der Waals surface area contributed by atoms with Gasteiger partial charge in [-0.15, -0.1) is 11.3 Å². The Balaban J connectivity index is 2.21. The number of halogens is 2. The third kappa shape index (κ3) is 2.96. The molecule has 1 atom stereocenters. The second-order valence-electron chi connectivity index (χ2n) is 4.23. The summed E-state index contributed by atoms with van der Waals surface area (Å²) in [6.45, 7) is 4.03. The van der Waals surface area contributed by atoms with Crippen LogP contribution in [0, 0.1) is 19.7 Å². The molecule has 1 aromatic carbocycles. The number of nitrogens with two attached hydrogens (primary N) is 1. The summed E-state index contributed by atoms with van der Waals surface area (Å²) in [7, 11) is 0. The second kappa shape index (κ2) is 5.47. The first-order chi connectivity index (χ1) is 8.47. The molecular formula is C13H14BrFN2S. The summed E-state index contributed by atoms with van der Waals surface area (Å²) >= 11 is 5.05. The SMILES string of the molecule is Cc1nc(CC(N)c2cc(F)ccc2Br)sc1C. The maximum absolute atomic E-state index is 13.2. The number of thiazole rings is 1. The maximum atomic E-state index is 13.2. The molecule has 1 heterocycles. The summed E-state index contributed by atoms with van der Waals surface area (Å²) in [6, 6.07) is 4.32. The molecule has 1 aromatic heterocycles. The normalized spacial score (nSPS) is 12.7. The molecule has 2 rings (SSSR count). The Morgan fingerprint density at radius 2 is 2.17 bits per heavy atom. The molecule has 0 aliphatic heterocycles. The van der Waals surface area contributed by atoms with E-state index in [4.69, 9.17) is 5.73 Å². The lowest BCUT2D eigenvalue weighted by Crippen LogP contribution is -2.14. The molecule has 18 heavy (non-hydrogen) atoms. The van der Waals surface area contributed by atoms with Crippen LogP contribution in [-0.2, 0) is 6.42 Å². The smallest absolute Gasteiger partial charge is 0.123 e. The lowest BCUT2D eigenvalue weighted by atomic mass is 10.1. The van der Waals surface area contributed by atoms with Gasteiger partial charge >= 0.3 is 0 Å². The zero-order valence-corrected chi connectivity index (χ0v) is 12.6. The Morgan fingerprint density at radius 3 is 2.78 bits per heavy atom. The van der Waals surface area contributed by atoms with Crippen molar-refractivity contribution >= 4 is 27.3 Å². The molecule has 96 valence electrons. The van der Waals surface area contributed by atoms with Crippen molar-refractivity contribution in [2.75, 3.05) is 0 Å². The van der Waals surface area contributed by atoms with Crippen molar-refractivity contribution in [3.8, 4) is 0 Å². The van der Waals surface area contributed by atoms with Gasteiger partial charge in [-0.05, 0) is 37.6 Å². The highest BCUT2D eigenvalue weighted by Crippen LogP contribution is 2.27. The fourth-order valence-electron chi connectivity index (χ4n) is 1.72. The molecule has 0 saturated carbocycles. The van der Waals surface area contributed by atoms with E-state index in [-0.39, 0.29) is 11.9 Å². The lowest BCUT2D eigenvalue weighted by molar-refractivity contribution is 0.617. The van der Waals surface area contributed by atoms with Crippen molar-refractivity contribution in [1.82, 2.24) is 4.98 Å². The largest absolute Gasteiger partial charge is 0.324 e. The summed E-state index contributed by atoms with van der Waals surface area (Å²) in [4.78, 5) is 5.66. The predicted molar refractivity (Wildman–Crippen MR) is 76.3 cm³/mol. The summed E-state index contributed by atoms with van der Waals surface area (Å²) in [5.74, 6) is -0.268. The lowest BCUT2D eigenvalue weighted by Gasteiger charge is -2.12. The van der Waals surface area contributed by atoms with Gasteiger partial charge in [-0.2, -0.15) is 0 Å². The average molecular weight is 329 g/mol. The quantitative estimate of drug-likeness (QED) is 0.927. The highest BCUT2D eigenvalue weighted by molar-refractivity contribution is 9.10. The molecule has 0 saturated heterocycles. The van der Waals surface area contributed by atoms with Crippen LogP contribution >= 0.6 is 27.3 Å². The van der Waals surface area contributed by atoms with Crippen molar-refractivity contribution < 1.29 is 4.39 Å². The minimum absolute atomic E-state index is 0.250. The zero-order chi connectivity index (χ0) is 13.3. The van der Waals surface area contributed by atoms with Gasteiger partial charge in [-0.25, -0.2) is 9.37 Å². The number of aromatic nitrogens is 1. The van der Waals surface area contributed by atoms with E-state index in [2.05, 4.69) is 20.9 Å². The van der Waals surface area contributed by atoms with Gasteiger partial charge in [0.05, 0.1) is 10.7 Å². The number of hydrogen-bond donors (Lipinski definition) is 1. The third-order valence-corrected chi connectivity index (χ3v) is 4.64. The van der Waals surface area contributed by atoms with Crippen molar-refractivity contribution in [2.45, 2.75) is 26.3 Å². The summed E-state index contributed by atoms with van der Waals surface area (Å²) < 4.78 is 14.1. The van der Waals surface area contributed by atoms with E-state index in [1.54, 1.807) is 17.4 Å². The van der Waals surface area contributed by atoms with E-state index in [0.717, 1.165) is 20.7 Å². The molecule has 2 N–H and O–H groups in total. The number of hydrogen-bond acceptors (Lipinski definition) is 3. The van der Waals surface area contributed by atoms with Crippen molar-refractivity contribution in [3.05, 3.63) is 49.6 Å². The number of nitrogens with zero attached hydrogens (tertiary/aromatic N) is 1. The van der Waals surface area contributed by atoms with Gasteiger partial charge in [-0.3, -0.25) is 0 Å². The summed E-state index contributed by atoms with van der Waals surface area (Å²) in [5.41, 5.74) is 7.95. The fourth-order valence-corrected chi connectivity index (χ4v) is 3.26. The Labute approximate surface area is 118 Å². The molecule has 1 unspecified atom stereocenters. The number of benzene rings is 1. The molecule has 0 amide bonds. The zero-order valence-electron chi connectivity index (χ0n) is 10.2. The molecule has 0 spiro atoms. The van der Waals surface area contributed by atoms with Crippen molar-refractivity contribution in [3.63, 3.8) is 0 Å². The van der Waals surface area contributed by atoms with Gasteiger partial charge < -0.3 is 5.73 Å². The van der Waals surface area contributed by atoms with Crippen LogP contribution in [0.3, 0.4) is 0 Å². The third-order valence-electron chi connectivity index (χ3n) is 2.82. The second-order valence-corrected chi connectivity index (χ2v) is 6.37. The minimum atomic E-state index is -0.268. The highest BCUT2D eigenvalue weighted by atomic mass is 79.9. The van der Waals surface area contributed by atoms with E-state index in [9.17, 15) is 4.39 Å². The maximum Gasteiger partial charge on any atom is 0.123 e. The van der Waals surface area contributed by atoms with Crippen molar-refractivity contribution in [1.29, 1.82) is 0 Å². The van der Waals surface area contributed by atoms with Crippen LogP contribution in [0.2, 0.25) is 0 Å². The Bertz CT molecular complexity index is 549. The highest BCUT2D eigenvalue weighted by Gasteiger charge is 2.14. The molecule has 5 heteroatoms. The van der Waals surface area contributed by atoms with Crippen LogP contribution in [0.1, 0.15) is 27.2 Å². The number of aryl methyl sites for hydroxylation is 2. The van der Waals surface area contributed by atoms with Crippen LogP contribution in [0.4, 0.5) is 4.39 Å². The molecule has 0 bridgehead atoms. The molecule has 0 aliphatic rings. The first-order valence-electron chi connectivity index (χ1n) is 5.61. The molecular weight excluding hydrogens is 315 g/mol. The summed E-state index contributed by atoms with van der Waals surface area (Å²) in [5, 5.41) is 0.994. The van der Waals surface area contributed by atoms with Crippen LogP contribution < -0.4 is 5.73 Å². The van der Waals surface area contributed by atoms with Crippen LogP contribution in [-0.4, -0.2) is 4.98 Å². The van der Waals surface area contributed by atoms with E-state index in [1.165, 1.54) is 17.0 Å². The Morgan fingerprint density at radius 1 is 1.44 bits per heavy atom.